The highest BCUT2D eigenvalue weighted by molar-refractivity contribution is 9.10. The molecule has 1 fully saturated rings. The molecule has 1 heterocycles. The van der Waals surface area contributed by atoms with Gasteiger partial charge in [0.25, 0.3) is 9.05 Å². The maximum Gasteiger partial charge on any atom is 0.265 e. The van der Waals surface area contributed by atoms with Gasteiger partial charge in [-0.1, -0.05) is 15.9 Å². The average Bonchev–Trinajstić information content (AvgIpc) is 2.88. The van der Waals surface area contributed by atoms with Crippen LogP contribution in [0.2, 0.25) is 0 Å². The standard InChI is InChI=1S/C13H17BrClNO3S/c14-11-4-5-12(13(10-11)20(15,17)18)19-9-3-8-16-6-1-2-7-16/h4-5,10H,1-3,6-9H2. The zero-order valence-electron chi connectivity index (χ0n) is 11.0. The van der Waals surface area contributed by atoms with E-state index in [2.05, 4.69) is 20.8 Å². The molecule has 0 radical (unpaired) electrons. The van der Waals surface area contributed by atoms with Crippen LogP contribution >= 0.6 is 26.6 Å². The lowest BCUT2D eigenvalue weighted by Crippen LogP contribution is -2.22. The molecule has 0 spiro atoms. The summed E-state index contributed by atoms with van der Waals surface area (Å²) in [7, 11) is 1.61. The number of ether oxygens (including phenoxy) is 1. The van der Waals surface area contributed by atoms with E-state index in [0.717, 1.165) is 26.1 Å². The van der Waals surface area contributed by atoms with E-state index < -0.39 is 9.05 Å². The smallest absolute Gasteiger partial charge is 0.265 e. The molecule has 0 amide bonds. The van der Waals surface area contributed by atoms with Gasteiger partial charge in [-0.2, -0.15) is 0 Å². The zero-order chi connectivity index (χ0) is 14.6. The second-order valence-electron chi connectivity index (χ2n) is 4.78. The molecule has 1 aromatic rings. The third kappa shape index (κ3) is 4.62. The largest absolute Gasteiger partial charge is 0.492 e. The summed E-state index contributed by atoms with van der Waals surface area (Å²) in [6, 6.07) is 4.81. The lowest BCUT2D eigenvalue weighted by Gasteiger charge is -2.15. The summed E-state index contributed by atoms with van der Waals surface area (Å²) >= 11 is 3.23. The monoisotopic (exact) mass is 381 g/mol. The Morgan fingerprint density at radius 1 is 1.30 bits per heavy atom. The maximum absolute atomic E-state index is 11.5. The average molecular weight is 383 g/mol. The van der Waals surface area contributed by atoms with Crippen LogP contribution in [-0.4, -0.2) is 39.6 Å². The molecule has 4 nitrogen and oxygen atoms in total. The van der Waals surface area contributed by atoms with Gasteiger partial charge in [-0.15, -0.1) is 0 Å². The van der Waals surface area contributed by atoms with Gasteiger partial charge in [0.15, 0.2) is 0 Å². The normalized spacial score (nSPS) is 16.5. The van der Waals surface area contributed by atoms with Gasteiger partial charge in [-0.05, 0) is 50.6 Å². The molecule has 1 aromatic carbocycles. The first-order chi connectivity index (χ1) is 9.47. The summed E-state index contributed by atoms with van der Waals surface area (Å²) in [5.41, 5.74) is 0. The highest BCUT2D eigenvalue weighted by atomic mass is 79.9. The second kappa shape index (κ2) is 7.11. The highest BCUT2D eigenvalue weighted by Gasteiger charge is 2.17. The molecule has 0 bridgehead atoms. The Labute approximate surface area is 132 Å². The van der Waals surface area contributed by atoms with Crippen molar-refractivity contribution in [1.82, 2.24) is 4.90 Å². The van der Waals surface area contributed by atoms with Gasteiger partial charge in [-0.25, -0.2) is 8.42 Å². The van der Waals surface area contributed by atoms with Crippen LogP contribution in [-0.2, 0) is 9.05 Å². The number of benzene rings is 1. The molecular formula is C13H17BrClNO3S. The van der Waals surface area contributed by atoms with Crippen molar-refractivity contribution in [3.05, 3.63) is 22.7 Å². The topological polar surface area (TPSA) is 46.6 Å². The van der Waals surface area contributed by atoms with Crippen molar-refractivity contribution in [2.75, 3.05) is 26.2 Å². The lowest BCUT2D eigenvalue weighted by atomic mass is 10.3. The van der Waals surface area contributed by atoms with E-state index in [9.17, 15) is 8.42 Å². The summed E-state index contributed by atoms with van der Waals surface area (Å²) in [4.78, 5) is 2.40. The van der Waals surface area contributed by atoms with Gasteiger partial charge in [0.2, 0.25) is 0 Å². The van der Waals surface area contributed by atoms with E-state index in [0.29, 0.717) is 16.8 Å². The first-order valence-electron chi connectivity index (χ1n) is 6.56. The fourth-order valence-corrected chi connectivity index (χ4v) is 3.78. The minimum absolute atomic E-state index is 0.00899. The first kappa shape index (κ1) is 16.1. The first-order valence-corrected chi connectivity index (χ1v) is 9.66. The van der Waals surface area contributed by atoms with Crippen molar-refractivity contribution in [3.63, 3.8) is 0 Å². The summed E-state index contributed by atoms with van der Waals surface area (Å²) in [5.74, 6) is 0.310. The van der Waals surface area contributed by atoms with Crippen molar-refractivity contribution in [2.24, 2.45) is 0 Å². The summed E-state index contributed by atoms with van der Waals surface area (Å²) in [5, 5.41) is 0. The van der Waals surface area contributed by atoms with Crippen LogP contribution in [0.5, 0.6) is 5.75 Å². The number of hydrogen-bond donors (Lipinski definition) is 0. The number of rotatable bonds is 6. The number of hydrogen-bond acceptors (Lipinski definition) is 4. The quantitative estimate of drug-likeness (QED) is 0.560. The van der Waals surface area contributed by atoms with Crippen LogP contribution < -0.4 is 4.74 Å². The lowest BCUT2D eigenvalue weighted by molar-refractivity contribution is 0.259. The SMILES string of the molecule is O=S(=O)(Cl)c1cc(Br)ccc1OCCCN1CCCC1. The molecule has 0 saturated carbocycles. The third-order valence-corrected chi connectivity index (χ3v) is 5.08. The van der Waals surface area contributed by atoms with Gasteiger partial charge >= 0.3 is 0 Å². The van der Waals surface area contributed by atoms with Gasteiger partial charge < -0.3 is 9.64 Å². The molecule has 0 unspecified atom stereocenters. The van der Waals surface area contributed by atoms with Crippen molar-refractivity contribution < 1.29 is 13.2 Å². The summed E-state index contributed by atoms with van der Waals surface area (Å²) < 4.78 is 29.2. The van der Waals surface area contributed by atoms with Crippen LogP contribution in [0.4, 0.5) is 0 Å². The van der Waals surface area contributed by atoms with Crippen LogP contribution in [0.1, 0.15) is 19.3 Å². The van der Waals surface area contributed by atoms with Crippen LogP contribution in [0.25, 0.3) is 0 Å². The van der Waals surface area contributed by atoms with Crippen molar-refractivity contribution >= 4 is 35.7 Å². The Hall–Kier alpha value is -0.300. The van der Waals surface area contributed by atoms with E-state index >= 15 is 0 Å². The molecule has 7 heteroatoms. The van der Waals surface area contributed by atoms with Gasteiger partial charge in [0.05, 0.1) is 6.61 Å². The molecule has 1 saturated heterocycles. The Kier molecular flexibility index (Phi) is 5.72. The van der Waals surface area contributed by atoms with E-state index in [-0.39, 0.29) is 4.90 Å². The predicted octanol–water partition coefficient (Wildman–Crippen LogP) is 3.24. The molecule has 1 aliphatic heterocycles. The number of halogens is 2. The van der Waals surface area contributed by atoms with E-state index in [1.54, 1.807) is 12.1 Å². The Balaban J connectivity index is 1.92. The molecule has 0 aliphatic carbocycles. The van der Waals surface area contributed by atoms with E-state index in [1.165, 1.54) is 18.9 Å². The highest BCUT2D eigenvalue weighted by Crippen LogP contribution is 2.30. The molecule has 2 rings (SSSR count). The van der Waals surface area contributed by atoms with E-state index in [4.69, 9.17) is 15.4 Å². The van der Waals surface area contributed by atoms with Crippen molar-refractivity contribution in [2.45, 2.75) is 24.2 Å². The molecule has 0 N–H and O–H groups in total. The Bertz CT molecular complexity index is 559. The molecule has 0 aromatic heterocycles. The maximum atomic E-state index is 11.5. The third-order valence-electron chi connectivity index (χ3n) is 3.24. The summed E-state index contributed by atoms with van der Waals surface area (Å²) in [6.07, 6.45) is 3.41. The fourth-order valence-electron chi connectivity index (χ4n) is 2.27. The molecule has 112 valence electrons. The van der Waals surface area contributed by atoms with Crippen molar-refractivity contribution in [3.8, 4) is 5.75 Å². The predicted molar refractivity (Wildman–Crippen MR) is 83.0 cm³/mol. The van der Waals surface area contributed by atoms with Gasteiger partial charge in [0.1, 0.15) is 10.6 Å². The van der Waals surface area contributed by atoms with Crippen LogP contribution in [0.3, 0.4) is 0 Å². The minimum Gasteiger partial charge on any atom is -0.492 e. The molecule has 1 aliphatic rings. The second-order valence-corrected chi connectivity index (χ2v) is 8.23. The van der Waals surface area contributed by atoms with Crippen LogP contribution in [0.15, 0.2) is 27.6 Å². The van der Waals surface area contributed by atoms with Crippen LogP contribution in [0, 0.1) is 0 Å². The Morgan fingerprint density at radius 2 is 2.00 bits per heavy atom. The minimum atomic E-state index is -3.80. The number of nitrogens with zero attached hydrogens (tertiary/aromatic N) is 1. The Morgan fingerprint density at radius 3 is 2.65 bits per heavy atom. The van der Waals surface area contributed by atoms with Gasteiger partial charge in [-0.3, -0.25) is 0 Å². The fraction of sp³-hybridized carbons (Fsp3) is 0.538. The van der Waals surface area contributed by atoms with Gasteiger partial charge in [0, 0.05) is 21.7 Å². The molecule has 20 heavy (non-hydrogen) atoms. The van der Waals surface area contributed by atoms with Crippen molar-refractivity contribution in [1.29, 1.82) is 0 Å². The van der Waals surface area contributed by atoms with E-state index in [1.807, 2.05) is 0 Å². The zero-order valence-corrected chi connectivity index (χ0v) is 14.2. The summed E-state index contributed by atoms with van der Waals surface area (Å²) in [6.45, 7) is 3.77. The molecule has 0 atom stereocenters. The number of likely N-dealkylation sites (tertiary alicyclic amines) is 1. The molecular weight excluding hydrogens is 366 g/mol.